The van der Waals surface area contributed by atoms with Gasteiger partial charge in [0.1, 0.15) is 5.82 Å². The lowest BCUT2D eigenvalue weighted by atomic mass is 10.0. The van der Waals surface area contributed by atoms with Crippen molar-refractivity contribution < 1.29 is 4.39 Å². The second kappa shape index (κ2) is 7.01. The first-order chi connectivity index (χ1) is 9.20. The molecule has 1 aliphatic rings. The van der Waals surface area contributed by atoms with Crippen molar-refractivity contribution in [3.63, 3.8) is 0 Å². The molecule has 1 aliphatic heterocycles. The average molecular weight is 264 g/mol. The van der Waals surface area contributed by atoms with E-state index in [0.717, 1.165) is 43.7 Å². The second-order valence-electron chi connectivity index (χ2n) is 5.57. The van der Waals surface area contributed by atoms with Crippen LogP contribution in [0.1, 0.15) is 37.3 Å². The van der Waals surface area contributed by atoms with Crippen molar-refractivity contribution in [1.29, 1.82) is 0 Å². The molecule has 19 heavy (non-hydrogen) atoms. The molecule has 1 heterocycles. The number of piperidine rings is 1. The molecule has 1 aromatic rings. The van der Waals surface area contributed by atoms with Crippen LogP contribution in [0.2, 0.25) is 0 Å². The fourth-order valence-corrected chi connectivity index (χ4v) is 2.87. The molecule has 1 unspecified atom stereocenters. The van der Waals surface area contributed by atoms with Crippen LogP contribution in [0.15, 0.2) is 18.2 Å². The van der Waals surface area contributed by atoms with Gasteiger partial charge in [0.15, 0.2) is 0 Å². The van der Waals surface area contributed by atoms with Gasteiger partial charge in [0.25, 0.3) is 0 Å². The maximum Gasteiger partial charge on any atom is 0.127 e. The molecule has 1 saturated heterocycles. The zero-order chi connectivity index (χ0) is 13.7. The van der Waals surface area contributed by atoms with Crippen LogP contribution in [-0.2, 0) is 6.54 Å². The lowest BCUT2D eigenvalue weighted by molar-refractivity contribution is 0.156. The van der Waals surface area contributed by atoms with Crippen molar-refractivity contribution in [2.45, 2.75) is 45.7 Å². The third-order valence-electron chi connectivity index (χ3n) is 3.87. The van der Waals surface area contributed by atoms with Gasteiger partial charge in [0, 0.05) is 24.7 Å². The van der Waals surface area contributed by atoms with Gasteiger partial charge in [0.05, 0.1) is 0 Å². The van der Waals surface area contributed by atoms with Crippen molar-refractivity contribution in [1.82, 2.24) is 10.2 Å². The topological polar surface area (TPSA) is 15.3 Å². The largest absolute Gasteiger partial charge is 0.315 e. The summed E-state index contributed by atoms with van der Waals surface area (Å²) < 4.78 is 13.9. The quantitative estimate of drug-likeness (QED) is 0.879. The third kappa shape index (κ3) is 4.02. The smallest absolute Gasteiger partial charge is 0.127 e. The summed E-state index contributed by atoms with van der Waals surface area (Å²) in [4.78, 5) is 2.43. The van der Waals surface area contributed by atoms with E-state index in [0.29, 0.717) is 6.04 Å². The summed E-state index contributed by atoms with van der Waals surface area (Å²) >= 11 is 0. The minimum Gasteiger partial charge on any atom is -0.315 e. The Labute approximate surface area is 116 Å². The maximum absolute atomic E-state index is 13.9. The lowest BCUT2D eigenvalue weighted by Gasteiger charge is -2.34. The first kappa shape index (κ1) is 14.5. The molecular formula is C16H25FN2. The normalized spacial score (nSPS) is 19.9. The molecule has 1 N–H and O–H groups in total. The van der Waals surface area contributed by atoms with E-state index in [9.17, 15) is 4.39 Å². The van der Waals surface area contributed by atoms with Gasteiger partial charge < -0.3 is 5.32 Å². The Balaban J connectivity index is 2.08. The molecule has 0 amide bonds. The summed E-state index contributed by atoms with van der Waals surface area (Å²) in [6, 6.07) is 5.96. The summed E-state index contributed by atoms with van der Waals surface area (Å²) in [6.07, 6.45) is 3.56. The van der Waals surface area contributed by atoms with Crippen LogP contribution < -0.4 is 5.32 Å². The van der Waals surface area contributed by atoms with Gasteiger partial charge in [-0.25, -0.2) is 4.39 Å². The third-order valence-corrected chi connectivity index (χ3v) is 3.87. The number of hydrogen-bond acceptors (Lipinski definition) is 2. The molecule has 0 aliphatic carbocycles. The van der Waals surface area contributed by atoms with Crippen molar-refractivity contribution in [2.75, 3.05) is 19.6 Å². The predicted molar refractivity (Wildman–Crippen MR) is 77.7 cm³/mol. The summed E-state index contributed by atoms with van der Waals surface area (Å²) in [5.41, 5.74) is 1.97. The first-order valence-corrected chi connectivity index (χ1v) is 7.40. The Hall–Kier alpha value is -0.930. The van der Waals surface area contributed by atoms with E-state index in [1.54, 1.807) is 6.07 Å². The zero-order valence-electron chi connectivity index (χ0n) is 12.1. The first-order valence-electron chi connectivity index (χ1n) is 7.40. The summed E-state index contributed by atoms with van der Waals surface area (Å²) in [6.45, 7) is 8.14. The number of rotatable bonds is 5. The van der Waals surface area contributed by atoms with Crippen molar-refractivity contribution in [3.8, 4) is 0 Å². The van der Waals surface area contributed by atoms with Crippen molar-refractivity contribution >= 4 is 0 Å². The molecule has 0 spiro atoms. The Morgan fingerprint density at radius 2 is 2.26 bits per heavy atom. The highest BCUT2D eigenvalue weighted by Gasteiger charge is 2.21. The van der Waals surface area contributed by atoms with Gasteiger partial charge in [0.2, 0.25) is 0 Å². The van der Waals surface area contributed by atoms with E-state index in [1.807, 2.05) is 19.1 Å². The van der Waals surface area contributed by atoms with Crippen LogP contribution in [0.3, 0.4) is 0 Å². The Kier molecular flexibility index (Phi) is 5.34. The molecule has 0 aromatic heterocycles. The average Bonchev–Trinajstić information content (AvgIpc) is 2.43. The highest BCUT2D eigenvalue weighted by Crippen LogP contribution is 2.18. The Morgan fingerprint density at radius 1 is 1.42 bits per heavy atom. The number of aryl methyl sites for hydroxylation is 1. The molecule has 1 fully saturated rings. The van der Waals surface area contributed by atoms with Gasteiger partial charge in [-0.3, -0.25) is 4.90 Å². The van der Waals surface area contributed by atoms with Gasteiger partial charge >= 0.3 is 0 Å². The van der Waals surface area contributed by atoms with Crippen LogP contribution in [-0.4, -0.2) is 30.6 Å². The van der Waals surface area contributed by atoms with Crippen molar-refractivity contribution in [3.05, 3.63) is 35.1 Å². The van der Waals surface area contributed by atoms with Gasteiger partial charge in [-0.05, 0) is 45.3 Å². The van der Waals surface area contributed by atoms with Crippen molar-refractivity contribution in [2.24, 2.45) is 0 Å². The zero-order valence-corrected chi connectivity index (χ0v) is 12.1. The minimum atomic E-state index is -0.0736. The summed E-state index contributed by atoms with van der Waals surface area (Å²) in [5, 5.41) is 3.45. The van der Waals surface area contributed by atoms with Gasteiger partial charge in [-0.1, -0.05) is 24.6 Å². The minimum absolute atomic E-state index is 0.0736. The lowest BCUT2D eigenvalue weighted by Crippen LogP contribution is -2.46. The Bertz CT molecular complexity index is 400. The molecule has 0 saturated carbocycles. The molecule has 1 aromatic carbocycles. The number of nitrogens with one attached hydrogen (secondary N) is 1. The SMILES string of the molecule is CCCN(Cc1cc(C)ccc1F)C1CCCNC1. The maximum atomic E-state index is 13.9. The highest BCUT2D eigenvalue weighted by atomic mass is 19.1. The number of nitrogens with zero attached hydrogens (tertiary/aromatic N) is 1. The van der Waals surface area contributed by atoms with E-state index < -0.39 is 0 Å². The van der Waals surface area contributed by atoms with E-state index in [-0.39, 0.29) is 5.82 Å². The Morgan fingerprint density at radius 3 is 2.95 bits per heavy atom. The number of benzene rings is 1. The predicted octanol–water partition coefficient (Wildman–Crippen LogP) is 3.10. The number of halogens is 1. The molecule has 0 bridgehead atoms. The fourth-order valence-electron chi connectivity index (χ4n) is 2.87. The molecule has 2 nitrogen and oxygen atoms in total. The van der Waals surface area contributed by atoms with Crippen LogP contribution in [0.4, 0.5) is 4.39 Å². The molecule has 2 rings (SSSR count). The van der Waals surface area contributed by atoms with Crippen LogP contribution in [0, 0.1) is 12.7 Å². The molecule has 106 valence electrons. The summed E-state index contributed by atoms with van der Waals surface area (Å²) in [7, 11) is 0. The standard InChI is InChI=1S/C16H25FN2/c1-3-9-19(15-5-4-8-18-11-15)12-14-10-13(2)6-7-16(14)17/h6-7,10,15,18H,3-5,8-9,11-12H2,1-2H3. The summed E-state index contributed by atoms with van der Waals surface area (Å²) in [5.74, 6) is -0.0736. The van der Waals surface area contributed by atoms with E-state index in [2.05, 4.69) is 17.1 Å². The van der Waals surface area contributed by atoms with Crippen LogP contribution in [0.5, 0.6) is 0 Å². The van der Waals surface area contributed by atoms with Crippen LogP contribution in [0.25, 0.3) is 0 Å². The van der Waals surface area contributed by atoms with E-state index in [4.69, 9.17) is 0 Å². The molecule has 0 radical (unpaired) electrons. The highest BCUT2D eigenvalue weighted by molar-refractivity contribution is 5.24. The molecule has 3 heteroatoms. The van der Waals surface area contributed by atoms with E-state index >= 15 is 0 Å². The number of hydrogen-bond donors (Lipinski definition) is 1. The van der Waals surface area contributed by atoms with Gasteiger partial charge in [-0.15, -0.1) is 0 Å². The monoisotopic (exact) mass is 264 g/mol. The van der Waals surface area contributed by atoms with Crippen LogP contribution >= 0.6 is 0 Å². The molecule has 1 atom stereocenters. The molecular weight excluding hydrogens is 239 g/mol. The second-order valence-corrected chi connectivity index (χ2v) is 5.57. The fraction of sp³-hybridized carbons (Fsp3) is 0.625. The van der Waals surface area contributed by atoms with E-state index in [1.165, 1.54) is 12.8 Å². The van der Waals surface area contributed by atoms with Gasteiger partial charge in [-0.2, -0.15) is 0 Å².